The molecule has 3 heterocycles. The van der Waals surface area contributed by atoms with Crippen LogP contribution in [0.4, 0.5) is 5.82 Å². The van der Waals surface area contributed by atoms with Crippen LogP contribution >= 0.6 is 0 Å². The predicted molar refractivity (Wildman–Crippen MR) is 60.0 cm³/mol. The summed E-state index contributed by atoms with van der Waals surface area (Å²) < 4.78 is 10.6. The molecule has 2 aromatic heterocycles. The maximum atomic E-state index is 5.32. The highest BCUT2D eigenvalue weighted by atomic mass is 16.5. The molecule has 0 unspecified atom stereocenters. The van der Waals surface area contributed by atoms with Crippen molar-refractivity contribution in [2.24, 2.45) is 0 Å². The van der Waals surface area contributed by atoms with Gasteiger partial charge in [-0.1, -0.05) is 0 Å². The summed E-state index contributed by atoms with van der Waals surface area (Å²) in [5, 5.41) is 3.12. The minimum Gasteiger partial charge on any atom is -0.464 e. The van der Waals surface area contributed by atoms with E-state index >= 15 is 0 Å². The Morgan fingerprint density at radius 1 is 1.25 bits per heavy atom. The molecule has 0 spiro atoms. The summed E-state index contributed by atoms with van der Waals surface area (Å²) in [6.07, 6.45) is 3.42. The minimum atomic E-state index is 0.758. The minimum absolute atomic E-state index is 0.758. The Kier molecular flexibility index (Phi) is 2.47. The molecule has 0 aliphatic carbocycles. The number of nitrogens with zero attached hydrogens (tertiary/aromatic N) is 2. The average molecular weight is 219 g/mol. The van der Waals surface area contributed by atoms with Gasteiger partial charge in [0.05, 0.1) is 24.9 Å². The standard InChI is InChI=1S/C11H13N3O2/c1-3-12-11(9-2-6-16-10(1)9)13-14-4-7-15-8-5-14/h1-3,6H,4-5,7-8H2,(H,12,13). The molecule has 1 N–H and O–H groups in total. The summed E-state index contributed by atoms with van der Waals surface area (Å²) in [6, 6.07) is 3.78. The van der Waals surface area contributed by atoms with Crippen LogP contribution < -0.4 is 5.43 Å². The van der Waals surface area contributed by atoms with Gasteiger partial charge in [-0.25, -0.2) is 9.99 Å². The topological polar surface area (TPSA) is 50.5 Å². The lowest BCUT2D eigenvalue weighted by Crippen LogP contribution is -2.40. The number of rotatable bonds is 2. The zero-order chi connectivity index (χ0) is 10.8. The van der Waals surface area contributed by atoms with E-state index in [9.17, 15) is 0 Å². The van der Waals surface area contributed by atoms with Crippen molar-refractivity contribution in [2.45, 2.75) is 0 Å². The molecule has 5 heteroatoms. The van der Waals surface area contributed by atoms with Gasteiger partial charge < -0.3 is 14.6 Å². The Morgan fingerprint density at radius 3 is 3.00 bits per heavy atom. The van der Waals surface area contributed by atoms with Crippen LogP contribution in [0, 0.1) is 0 Å². The second-order valence-electron chi connectivity index (χ2n) is 3.70. The fourth-order valence-electron chi connectivity index (χ4n) is 1.81. The van der Waals surface area contributed by atoms with Gasteiger partial charge in [0.25, 0.3) is 0 Å². The molecule has 0 bridgehead atoms. The van der Waals surface area contributed by atoms with E-state index in [0.717, 1.165) is 43.1 Å². The second-order valence-corrected chi connectivity index (χ2v) is 3.70. The van der Waals surface area contributed by atoms with E-state index in [-0.39, 0.29) is 0 Å². The van der Waals surface area contributed by atoms with E-state index in [4.69, 9.17) is 9.15 Å². The highest BCUT2D eigenvalue weighted by Gasteiger charge is 2.12. The third kappa shape index (κ3) is 1.75. The maximum absolute atomic E-state index is 5.32. The lowest BCUT2D eigenvalue weighted by atomic mass is 10.3. The molecule has 16 heavy (non-hydrogen) atoms. The average Bonchev–Trinajstić information content (AvgIpc) is 2.80. The summed E-state index contributed by atoms with van der Waals surface area (Å²) in [7, 11) is 0. The van der Waals surface area contributed by atoms with E-state index in [0.29, 0.717) is 0 Å². The molecule has 0 atom stereocenters. The lowest BCUT2D eigenvalue weighted by Gasteiger charge is -2.27. The first-order valence-corrected chi connectivity index (χ1v) is 5.35. The summed E-state index contributed by atoms with van der Waals surface area (Å²) >= 11 is 0. The molecule has 5 nitrogen and oxygen atoms in total. The van der Waals surface area contributed by atoms with Crippen LogP contribution in [0.5, 0.6) is 0 Å². The monoisotopic (exact) mass is 219 g/mol. The van der Waals surface area contributed by atoms with Crippen LogP contribution in [0.2, 0.25) is 0 Å². The number of ether oxygens (including phenoxy) is 1. The molecule has 1 aliphatic heterocycles. The first-order valence-electron chi connectivity index (χ1n) is 5.35. The van der Waals surface area contributed by atoms with Gasteiger partial charge in [-0.3, -0.25) is 0 Å². The number of pyridine rings is 1. The van der Waals surface area contributed by atoms with Crippen molar-refractivity contribution in [3.05, 3.63) is 24.6 Å². The van der Waals surface area contributed by atoms with Crippen molar-refractivity contribution in [1.82, 2.24) is 9.99 Å². The van der Waals surface area contributed by atoms with Crippen LogP contribution in [0.25, 0.3) is 11.0 Å². The van der Waals surface area contributed by atoms with E-state index in [1.807, 2.05) is 12.1 Å². The summed E-state index contributed by atoms with van der Waals surface area (Å²) in [5.74, 6) is 0.841. The Balaban J connectivity index is 1.85. The van der Waals surface area contributed by atoms with Gasteiger partial charge >= 0.3 is 0 Å². The van der Waals surface area contributed by atoms with E-state index in [1.54, 1.807) is 12.5 Å². The molecular formula is C11H13N3O2. The Labute approximate surface area is 93.0 Å². The van der Waals surface area contributed by atoms with Gasteiger partial charge in [-0.2, -0.15) is 0 Å². The van der Waals surface area contributed by atoms with Crippen LogP contribution in [0.3, 0.4) is 0 Å². The van der Waals surface area contributed by atoms with E-state index in [1.165, 1.54) is 0 Å². The zero-order valence-corrected chi connectivity index (χ0v) is 8.85. The smallest absolute Gasteiger partial charge is 0.151 e. The molecule has 0 aromatic carbocycles. The molecule has 0 saturated carbocycles. The molecular weight excluding hydrogens is 206 g/mol. The SMILES string of the molecule is c1cc2occc2c(NN2CCOCC2)n1. The summed E-state index contributed by atoms with van der Waals surface area (Å²) in [5.41, 5.74) is 4.14. The van der Waals surface area contributed by atoms with Crippen LogP contribution in [0.15, 0.2) is 29.0 Å². The van der Waals surface area contributed by atoms with Gasteiger partial charge in [-0.15, -0.1) is 0 Å². The third-order valence-electron chi connectivity index (χ3n) is 2.65. The Morgan fingerprint density at radius 2 is 2.12 bits per heavy atom. The van der Waals surface area contributed by atoms with Crippen molar-refractivity contribution < 1.29 is 9.15 Å². The lowest BCUT2D eigenvalue weighted by molar-refractivity contribution is 0.0495. The van der Waals surface area contributed by atoms with Crippen molar-refractivity contribution in [2.75, 3.05) is 31.7 Å². The molecule has 0 amide bonds. The van der Waals surface area contributed by atoms with Gasteiger partial charge in [0.15, 0.2) is 5.82 Å². The number of hydrogen-bond acceptors (Lipinski definition) is 5. The van der Waals surface area contributed by atoms with Crippen molar-refractivity contribution in [1.29, 1.82) is 0 Å². The summed E-state index contributed by atoms with van der Waals surface area (Å²) in [6.45, 7) is 3.26. The van der Waals surface area contributed by atoms with E-state index < -0.39 is 0 Å². The molecule has 2 aromatic rings. The Bertz CT molecular complexity index is 477. The van der Waals surface area contributed by atoms with Gasteiger partial charge in [0.1, 0.15) is 5.58 Å². The Hall–Kier alpha value is -1.59. The molecule has 1 fully saturated rings. The maximum Gasteiger partial charge on any atom is 0.151 e. The number of hydrazine groups is 1. The van der Waals surface area contributed by atoms with Crippen LogP contribution in [0.1, 0.15) is 0 Å². The number of fused-ring (bicyclic) bond motifs is 1. The molecule has 1 saturated heterocycles. The number of aromatic nitrogens is 1. The highest BCUT2D eigenvalue weighted by Crippen LogP contribution is 2.22. The predicted octanol–water partition coefficient (Wildman–Crippen LogP) is 1.49. The van der Waals surface area contributed by atoms with Crippen LogP contribution in [-0.4, -0.2) is 36.3 Å². The fourth-order valence-corrected chi connectivity index (χ4v) is 1.81. The molecule has 84 valence electrons. The van der Waals surface area contributed by atoms with Crippen molar-refractivity contribution in [3.8, 4) is 0 Å². The van der Waals surface area contributed by atoms with Crippen molar-refractivity contribution in [3.63, 3.8) is 0 Å². The molecule has 1 aliphatic rings. The van der Waals surface area contributed by atoms with Gasteiger partial charge in [-0.05, 0) is 12.1 Å². The highest BCUT2D eigenvalue weighted by molar-refractivity contribution is 5.87. The third-order valence-corrected chi connectivity index (χ3v) is 2.65. The van der Waals surface area contributed by atoms with E-state index in [2.05, 4.69) is 15.4 Å². The number of nitrogens with one attached hydrogen (secondary N) is 1. The number of anilines is 1. The number of hydrogen-bond donors (Lipinski definition) is 1. The molecule has 3 rings (SSSR count). The fraction of sp³-hybridized carbons (Fsp3) is 0.364. The first kappa shape index (κ1) is 9.62. The second kappa shape index (κ2) is 4.11. The number of furan rings is 1. The quantitative estimate of drug-likeness (QED) is 0.829. The largest absolute Gasteiger partial charge is 0.464 e. The van der Waals surface area contributed by atoms with Gasteiger partial charge in [0.2, 0.25) is 0 Å². The number of morpholine rings is 1. The normalized spacial score (nSPS) is 17.8. The van der Waals surface area contributed by atoms with Gasteiger partial charge in [0, 0.05) is 19.3 Å². The zero-order valence-electron chi connectivity index (χ0n) is 8.85. The summed E-state index contributed by atoms with van der Waals surface area (Å²) in [4.78, 5) is 4.32. The van der Waals surface area contributed by atoms with Crippen molar-refractivity contribution >= 4 is 16.8 Å². The first-order chi connectivity index (χ1) is 7.93. The molecule has 0 radical (unpaired) electrons. The van der Waals surface area contributed by atoms with Crippen LogP contribution in [-0.2, 0) is 4.74 Å².